The van der Waals surface area contributed by atoms with E-state index in [1.165, 1.54) is 42.3 Å². The Hall–Kier alpha value is -1.41. The van der Waals surface area contributed by atoms with Crippen molar-refractivity contribution in [3.63, 3.8) is 0 Å². The molecule has 0 amide bonds. The summed E-state index contributed by atoms with van der Waals surface area (Å²) in [6, 6.07) is 11.1. The molecule has 2 heteroatoms. The molecular weight excluding hydrogens is 244 g/mol. The van der Waals surface area contributed by atoms with Crippen LogP contribution in [0.15, 0.2) is 30.3 Å². The smallest absolute Gasteiger partial charge is 0.0708 e. The van der Waals surface area contributed by atoms with Crippen molar-refractivity contribution in [1.29, 1.82) is 0 Å². The maximum absolute atomic E-state index is 4.90. The highest BCUT2D eigenvalue weighted by atomic mass is 14.9. The molecule has 1 atom stereocenters. The molecule has 3 rings (SSSR count). The minimum atomic E-state index is 0.411. The second kappa shape index (κ2) is 5.92. The average Bonchev–Trinajstić information content (AvgIpc) is 2.41. The summed E-state index contributed by atoms with van der Waals surface area (Å²) in [5.74, 6) is 0.896. The van der Waals surface area contributed by atoms with Gasteiger partial charge in [0, 0.05) is 11.4 Å². The predicted octanol–water partition coefficient (Wildman–Crippen LogP) is 4.38. The second-order valence-corrected chi connectivity index (χ2v) is 6.02. The van der Waals surface area contributed by atoms with Crippen molar-refractivity contribution in [3.8, 4) is 0 Å². The lowest BCUT2D eigenvalue weighted by atomic mass is 9.80. The van der Waals surface area contributed by atoms with E-state index in [1.54, 1.807) is 0 Å². The van der Waals surface area contributed by atoms with Crippen LogP contribution in [0.3, 0.4) is 0 Å². The van der Waals surface area contributed by atoms with Gasteiger partial charge in [0.05, 0.1) is 11.2 Å². The van der Waals surface area contributed by atoms with Crippen LogP contribution in [0, 0.1) is 12.8 Å². The van der Waals surface area contributed by atoms with E-state index >= 15 is 0 Å². The lowest BCUT2D eigenvalue weighted by Crippen LogP contribution is -2.26. The molecule has 1 aromatic heterocycles. The van der Waals surface area contributed by atoms with Crippen LogP contribution in [0.2, 0.25) is 0 Å². The van der Waals surface area contributed by atoms with E-state index < -0.39 is 0 Å². The number of hydrogen-bond acceptors (Lipinski definition) is 2. The quantitative estimate of drug-likeness (QED) is 0.870. The van der Waals surface area contributed by atoms with Crippen LogP contribution in [0.25, 0.3) is 10.9 Å². The van der Waals surface area contributed by atoms with E-state index in [2.05, 4.69) is 49.5 Å². The zero-order valence-corrected chi connectivity index (χ0v) is 12.5. The lowest BCUT2D eigenvalue weighted by Gasteiger charge is -2.30. The fourth-order valence-electron chi connectivity index (χ4n) is 3.17. The van der Waals surface area contributed by atoms with E-state index in [0.717, 1.165) is 18.0 Å². The number of nitrogens with one attached hydrogen (secondary N) is 1. The Morgan fingerprint density at radius 1 is 1.30 bits per heavy atom. The molecule has 2 aromatic rings. The Morgan fingerprint density at radius 3 is 2.80 bits per heavy atom. The Kier molecular flexibility index (Phi) is 4.02. The summed E-state index contributed by atoms with van der Waals surface area (Å²) >= 11 is 0. The molecular formula is C18H24N2. The molecule has 1 N–H and O–H groups in total. The summed E-state index contributed by atoms with van der Waals surface area (Å²) < 4.78 is 0. The zero-order valence-electron chi connectivity index (χ0n) is 12.5. The third-order valence-corrected chi connectivity index (χ3v) is 4.54. The van der Waals surface area contributed by atoms with Crippen LogP contribution >= 0.6 is 0 Å². The monoisotopic (exact) mass is 268 g/mol. The van der Waals surface area contributed by atoms with Gasteiger partial charge in [-0.15, -0.1) is 0 Å². The molecule has 0 saturated heterocycles. The average molecular weight is 268 g/mol. The van der Waals surface area contributed by atoms with E-state index in [9.17, 15) is 0 Å². The van der Waals surface area contributed by atoms with E-state index in [4.69, 9.17) is 4.98 Å². The number of aryl methyl sites for hydroxylation is 1. The van der Waals surface area contributed by atoms with Gasteiger partial charge in [0.2, 0.25) is 0 Å². The first kappa shape index (κ1) is 13.6. The van der Waals surface area contributed by atoms with Gasteiger partial charge in [0.25, 0.3) is 0 Å². The SMILES string of the molecule is CCNC(CC1CCC1)c1cc(C)c2ccccc2n1. The third-order valence-electron chi connectivity index (χ3n) is 4.54. The Balaban J connectivity index is 1.92. The Labute approximate surface area is 121 Å². The number of aromatic nitrogens is 1. The molecule has 1 aliphatic carbocycles. The van der Waals surface area contributed by atoms with Crippen LogP contribution in [-0.2, 0) is 0 Å². The molecule has 0 radical (unpaired) electrons. The predicted molar refractivity (Wildman–Crippen MR) is 84.9 cm³/mol. The zero-order chi connectivity index (χ0) is 13.9. The molecule has 2 nitrogen and oxygen atoms in total. The third kappa shape index (κ3) is 2.71. The van der Waals surface area contributed by atoms with Gasteiger partial charge in [0.1, 0.15) is 0 Å². The number of hydrogen-bond donors (Lipinski definition) is 1. The molecule has 1 aliphatic rings. The highest BCUT2D eigenvalue weighted by Crippen LogP contribution is 2.35. The fraction of sp³-hybridized carbons (Fsp3) is 0.500. The van der Waals surface area contributed by atoms with Gasteiger partial charge in [0.15, 0.2) is 0 Å². The van der Waals surface area contributed by atoms with Gasteiger partial charge < -0.3 is 5.32 Å². The summed E-state index contributed by atoms with van der Waals surface area (Å²) in [7, 11) is 0. The van der Waals surface area contributed by atoms with Crippen molar-refractivity contribution in [2.24, 2.45) is 5.92 Å². The van der Waals surface area contributed by atoms with Gasteiger partial charge in [-0.3, -0.25) is 4.98 Å². The molecule has 1 aromatic carbocycles. The molecule has 0 aliphatic heterocycles. The van der Waals surface area contributed by atoms with Crippen molar-refractivity contribution in [2.45, 2.75) is 45.6 Å². The van der Waals surface area contributed by atoms with E-state index in [1.807, 2.05) is 0 Å². The Morgan fingerprint density at radius 2 is 2.10 bits per heavy atom. The number of nitrogens with zero attached hydrogens (tertiary/aromatic N) is 1. The lowest BCUT2D eigenvalue weighted by molar-refractivity contribution is 0.260. The first-order valence-corrected chi connectivity index (χ1v) is 7.87. The van der Waals surface area contributed by atoms with Crippen molar-refractivity contribution in [3.05, 3.63) is 41.6 Å². The number of para-hydroxylation sites is 1. The summed E-state index contributed by atoms with van der Waals surface area (Å²) in [6.07, 6.45) is 5.44. The molecule has 20 heavy (non-hydrogen) atoms. The minimum Gasteiger partial charge on any atom is -0.309 e. The molecule has 1 fully saturated rings. The number of fused-ring (bicyclic) bond motifs is 1. The maximum Gasteiger partial charge on any atom is 0.0708 e. The maximum atomic E-state index is 4.90. The molecule has 106 valence electrons. The molecule has 1 saturated carbocycles. The van der Waals surface area contributed by atoms with Crippen LogP contribution in [0.5, 0.6) is 0 Å². The van der Waals surface area contributed by atoms with Crippen molar-refractivity contribution in [2.75, 3.05) is 6.54 Å². The van der Waals surface area contributed by atoms with Crippen LogP contribution in [0.1, 0.15) is 49.9 Å². The van der Waals surface area contributed by atoms with Crippen molar-refractivity contribution < 1.29 is 0 Å². The van der Waals surface area contributed by atoms with Gasteiger partial charge in [-0.2, -0.15) is 0 Å². The molecule has 0 bridgehead atoms. The topological polar surface area (TPSA) is 24.9 Å². The van der Waals surface area contributed by atoms with Crippen LogP contribution in [-0.4, -0.2) is 11.5 Å². The largest absolute Gasteiger partial charge is 0.309 e. The minimum absolute atomic E-state index is 0.411. The van der Waals surface area contributed by atoms with Crippen molar-refractivity contribution in [1.82, 2.24) is 10.3 Å². The molecule has 1 heterocycles. The summed E-state index contributed by atoms with van der Waals surface area (Å²) in [6.45, 7) is 5.38. The normalized spacial score (nSPS) is 17.1. The summed E-state index contributed by atoms with van der Waals surface area (Å²) in [4.78, 5) is 4.90. The summed E-state index contributed by atoms with van der Waals surface area (Å²) in [5, 5.41) is 4.90. The van der Waals surface area contributed by atoms with Gasteiger partial charge in [-0.25, -0.2) is 0 Å². The highest BCUT2D eigenvalue weighted by Gasteiger charge is 2.23. The van der Waals surface area contributed by atoms with Crippen LogP contribution in [0.4, 0.5) is 0 Å². The van der Waals surface area contributed by atoms with Gasteiger partial charge in [-0.1, -0.05) is 44.4 Å². The van der Waals surface area contributed by atoms with E-state index in [0.29, 0.717) is 6.04 Å². The van der Waals surface area contributed by atoms with Crippen molar-refractivity contribution >= 4 is 10.9 Å². The number of rotatable bonds is 5. The van der Waals surface area contributed by atoms with E-state index in [-0.39, 0.29) is 0 Å². The van der Waals surface area contributed by atoms with Gasteiger partial charge >= 0.3 is 0 Å². The summed E-state index contributed by atoms with van der Waals surface area (Å²) in [5.41, 5.74) is 3.68. The van der Waals surface area contributed by atoms with Crippen LogP contribution < -0.4 is 5.32 Å². The standard InChI is InChI=1S/C18H24N2/c1-3-19-17(12-14-7-6-8-14)18-11-13(2)15-9-4-5-10-16(15)20-18/h4-5,9-11,14,17,19H,3,6-8,12H2,1-2H3. The van der Waals surface area contributed by atoms with Gasteiger partial charge in [-0.05, 0) is 43.5 Å². The fourth-order valence-corrected chi connectivity index (χ4v) is 3.17. The Bertz CT molecular complexity index is 587. The highest BCUT2D eigenvalue weighted by molar-refractivity contribution is 5.82. The second-order valence-electron chi connectivity index (χ2n) is 6.02. The number of benzene rings is 1. The first-order chi connectivity index (χ1) is 9.78. The first-order valence-electron chi connectivity index (χ1n) is 7.87. The number of pyridine rings is 1. The molecule has 1 unspecified atom stereocenters. The molecule has 0 spiro atoms.